The van der Waals surface area contributed by atoms with E-state index in [0.717, 1.165) is 31.5 Å². The van der Waals surface area contributed by atoms with Gasteiger partial charge < -0.3 is 10.6 Å². The summed E-state index contributed by atoms with van der Waals surface area (Å²) in [5, 5.41) is 6.43. The molecule has 3 nitrogen and oxygen atoms in total. The summed E-state index contributed by atoms with van der Waals surface area (Å²) in [5.41, 5.74) is 2.27. The SMILES string of the molecule is CCCCc1ccc(NC(=O)C2CCNC(C)C2)cc1. The van der Waals surface area contributed by atoms with E-state index in [2.05, 4.69) is 36.6 Å². The van der Waals surface area contributed by atoms with Crippen molar-refractivity contribution < 1.29 is 4.79 Å². The Hall–Kier alpha value is -1.35. The molecule has 0 bridgehead atoms. The molecule has 1 heterocycles. The van der Waals surface area contributed by atoms with Crippen LogP contribution in [0, 0.1) is 5.92 Å². The number of carbonyl (C=O) groups excluding carboxylic acids is 1. The van der Waals surface area contributed by atoms with Gasteiger partial charge in [0, 0.05) is 17.6 Å². The molecule has 1 amide bonds. The molecule has 3 heteroatoms. The number of hydrogen-bond acceptors (Lipinski definition) is 2. The second-order valence-corrected chi connectivity index (χ2v) is 5.87. The highest BCUT2D eigenvalue weighted by atomic mass is 16.1. The van der Waals surface area contributed by atoms with Crippen molar-refractivity contribution in [2.24, 2.45) is 5.92 Å². The average Bonchev–Trinajstić information content (AvgIpc) is 2.46. The highest BCUT2D eigenvalue weighted by Gasteiger charge is 2.24. The largest absolute Gasteiger partial charge is 0.326 e. The van der Waals surface area contributed by atoms with Crippen molar-refractivity contribution in [2.75, 3.05) is 11.9 Å². The predicted molar refractivity (Wildman–Crippen MR) is 83.9 cm³/mol. The Morgan fingerprint density at radius 2 is 2.10 bits per heavy atom. The molecule has 0 saturated carbocycles. The third-order valence-corrected chi connectivity index (χ3v) is 4.03. The van der Waals surface area contributed by atoms with Gasteiger partial charge in [-0.3, -0.25) is 4.79 Å². The molecule has 110 valence electrons. The molecule has 20 heavy (non-hydrogen) atoms. The van der Waals surface area contributed by atoms with Crippen molar-refractivity contribution in [1.82, 2.24) is 5.32 Å². The van der Waals surface area contributed by atoms with Gasteiger partial charge in [0.25, 0.3) is 0 Å². The fourth-order valence-corrected chi connectivity index (χ4v) is 2.75. The van der Waals surface area contributed by atoms with Crippen molar-refractivity contribution in [3.8, 4) is 0 Å². The number of benzene rings is 1. The van der Waals surface area contributed by atoms with Gasteiger partial charge in [-0.1, -0.05) is 25.5 Å². The molecule has 1 aliphatic rings. The second-order valence-electron chi connectivity index (χ2n) is 5.87. The highest BCUT2D eigenvalue weighted by Crippen LogP contribution is 2.19. The van der Waals surface area contributed by atoms with Crippen molar-refractivity contribution in [3.05, 3.63) is 29.8 Å². The second kappa shape index (κ2) is 7.44. The molecular formula is C17H26N2O. The third kappa shape index (κ3) is 4.34. The lowest BCUT2D eigenvalue weighted by Crippen LogP contribution is -2.40. The maximum atomic E-state index is 12.2. The number of piperidine rings is 1. The number of aryl methyl sites for hydroxylation is 1. The minimum Gasteiger partial charge on any atom is -0.326 e. The van der Waals surface area contributed by atoms with E-state index < -0.39 is 0 Å². The van der Waals surface area contributed by atoms with Gasteiger partial charge in [-0.2, -0.15) is 0 Å². The van der Waals surface area contributed by atoms with E-state index in [4.69, 9.17) is 0 Å². The van der Waals surface area contributed by atoms with Gasteiger partial charge in [0.1, 0.15) is 0 Å². The number of hydrogen-bond donors (Lipinski definition) is 2. The van der Waals surface area contributed by atoms with Crippen molar-refractivity contribution in [1.29, 1.82) is 0 Å². The monoisotopic (exact) mass is 274 g/mol. The number of unbranched alkanes of at least 4 members (excludes halogenated alkanes) is 1. The lowest BCUT2D eigenvalue weighted by Gasteiger charge is -2.27. The van der Waals surface area contributed by atoms with Gasteiger partial charge in [0.05, 0.1) is 0 Å². The lowest BCUT2D eigenvalue weighted by molar-refractivity contribution is -0.120. The van der Waals surface area contributed by atoms with Crippen molar-refractivity contribution in [2.45, 2.75) is 52.0 Å². The number of amides is 1. The minimum atomic E-state index is 0.144. The summed E-state index contributed by atoms with van der Waals surface area (Å²) >= 11 is 0. The van der Waals surface area contributed by atoms with Gasteiger partial charge >= 0.3 is 0 Å². The van der Waals surface area contributed by atoms with Gasteiger partial charge in [-0.15, -0.1) is 0 Å². The topological polar surface area (TPSA) is 41.1 Å². The first-order valence-electron chi connectivity index (χ1n) is 7.82. The maximum Gasteiger partial charge on any atom is 0.227 e. The normalized spacial score (nSPS) is 22.5. The highest BCUT2D eigenvalue weighted by molar-refractivity contribution is 5.92. The van der Waals surface area contributed by atoms with E-state index >= 15 is 0 Å². The van der Waals surface area contributed by atoms with E-state index in [1.165, 1.54) is 18.4 Å². The number of anilines is 1. The summed E-state index contributed by atoms with van der Waals surface area (Å²) in [6.45, 7) is 5.28. The van der Waals surface area contributed by atoms with E-state index in [0.29, 0.717) is 6.04 Å². The summed E-state index contributed by atoms with van der Waals surface area (Å²) in [6, 6.07) is 8.73. The summed E-state index contributed by atoms with van der Waals surface area (Å²) < 4.78 is 0. The van der Waals surface area contributed by atoms with Crippen LogP contribution in [0.1, 0.15) is 45.1 Å². The van der Waals surface area contributed by atoms with Crippen LogP contribution in [0.2, 0.25) is 0 Å². The molecule has 2 unspecified atom stereocenters. The first-order chi connectivity index (χ1) is 9.69. The molecule has 1 aromatic rings. The van der Waals surface area contributed by atoms with Crippen LogP contribution in [-0.4, -0.2) is 18.5 Å². The van der Waals surface area contributed by atoms with Gasteiger partial charge in [-0.25, -0.2) is 0 Å². The molecule has 1 aliphatic heterocycles. The van der Waals surface area contributed by atoms with Crippen molar-refractivity contribution >= 4 is 11.6 Å². The number of carbonyl (C=O) groups is 1. The molecule has 1 saturated heterocycles. The van der Waals surface area contributed by atoms with Gasteiger partial charge in [0.2, 0.25) is 5.91 Å². The van der Waals surface area contributed by atoms with Gasteiger partial charge in [0.15, 0.2) is 0 Å². The van der Waals surface area contributed by atoms with Crippen LogP contribution in [0.3, 0.4) is 0 Å². The third-order valence-electron chi connectivity index (χ3n) is 4.03. The molecule has 0 aliphatic carbocycles. The molecule has 1 aromatic carbocycles. The van der Waals surface area contributed by atoms with Crippen LogP contribution in [0.25, 0.3) is 0 Å². The average molecular weight is 274 g/mol. The molecule has 0 aromatic heterocycles. The molecular weight excluding hydrogens is 248 g/mol. The Morgan fingerprint density at radius 1 is 1.35 bits per heavy atom. The Morgan fingerprint density at radius 3 is 2.75 bits per heavy atom. The molecule has 0 radical (unpaired) electrons. The molecule has 2 N–H and O–H groups in total. The Bertz CT molecular complexity index is 427. The van der Waals surface area contributed by atoms with Crippen LogP contribution >= 0.6 is 0 Å². The molecule has 2 atom stereocenters. The summed E-state index contributed by atoms with van der Waals surface area (Å²) in [6.07, 6.45) is 5.42. The standard InChI is InChI=1S/C17H26N2O/c1-3-4-5-14-6-8-16(9-7-14)19-17(20)15-10-11-18-13(2)12-15/h6-9,13,15,18H,3-5,10-12H2,1-2H3,(H,19,20). The van der Waals surface area contributed by atoms with Crippen LogP contribution in [0.5, 0.6) is 0 Å². The Kier molecular flexibility index (Phi) is 5.60. The van der Waals surface area contributed by atoms with Crippen LogP contribution in [-0.2, 0) is 11.2 Å². The Labute approximate surface area is 122 Å². The predicted octanol–water partition coefficient (Wildman–Crippen LogP) is 3.36. The first kappa shape index (κ1) is 15.0. The van der Waals surface area contributed by atoms with E-state index in [-0.39, 0.29) is 11.8 Å². The quantitative estimate of drug-likeness (QED) is 0.864. The fourth-order valence-electron chi connectivity index (χ4n) is 2.75. The molecule has 0 spiro atoms. The Balaban J connectivity index is 1.87. The van der Waals surface area contributed by atoms with E-state index in [9.17, 15) is 4.79 Å². The maximum absolute atomic E-state index is 12.2. The van der Waals surface area contributed by atoms with Crippen LogP contribution in [0.4, 0.5) is 5.69 Å². The zero-order valence-corrected chi connectivity index (χ0v) is 12.6. The lowest BCUT2D eigenvalue weighted by atomic mass is 9.92. The van der Waals surface area contributed by atoms with E-state index in [1.54, 1.807) is 0 Å². The van der Waals surface area contributed by atoms with Gasteiger partial charge in [-0.05, 0) is 56.8 Å². The zero-order chi connectivity index (χ0) is 14.4. The summed E-state index contributed by atoms with van der Waals surface area (Å²) in [4.78, 5) is 12.2. The zero-order valence-electron chi connectivity index (χ0n) is 12.6. The molecule has 1 fully saturated rings. The summed E-state index contributed by atoms with van der Waals surface area (Å²) in [5.74, 6) is 0.311. The van der Waals surface area contributed by atoms with Crippen LogP contribution in [0.15, 0.2) is 24.3 Å². The fraction of sp³-hybridized carbons (Fsp3) is 0.588. The smallest absolute Gasteiger partial charge is 0.227 e. The van der Waals surface area contributed by atoms with Crippen molar-refractivity contribution in [3.63, 3.8) is 0 Å². The molecule has 2 rings (SSSR count). The number of rotatable bonds is 5. The first-order valence-corrected chi connectivity index (χ1v) is 7.82. The van der Waals surface area contributed by atoms with Crippen LogP contribution < -0.4 is 10.6 Å². The number of nitrogens with one attached hydrogen (secondary N) is 2. The minimum absolute atomic E-state index is 0.144. The summed E-state index contributed by atoms with van der Waals surface area (Å²) in [7, 11) is 0. The van der Waals surface area contributed by atoms with E-state index in [1.807, 2.05) is 12.1 Å².